The molecule has 2 atom stereocenters. The molecule has 0 spiro atoms. The summed E-state index contributed by atoms with van der Waals surface area (Å²) in [5, 5.41) is 12.7. The summed E-state index contributed by atoms with van der Waals surface area (Å²) in [6, 6.07) is 0.515. The van der Waals surface area contributed by atoms with Gasteiger partial charge >= 0.3 is 0 Å². The Morgan fingerprint density at radius 1 is 1.59 bits per heavy atom. The molecular formula is C13H22N2OS. The quantitative estimate of drug-likeness (QED) is 0.897. The van der Waals surface area contributed by atoms with Crippen LogP contribution in [-0.4, -0.2) is 34.2 Å². The van der Waals surface area contributed by atoms with Gasteiger partial charge in [0.2, 0.25) is 0 Å². The Morgan fingerprint density at radius 3 is 3.12 bits per heavy atom. The van der Waals surface area contributed by atoms with E-state index in [1.165, 1.54) is 30.8 Å². The summed E-state index contributed by atoms with van der Waals surface area (Å²) < 4.78 is 0. The van der Waals surface area contributed by atoms with Crippen molar-refractivity contribution in [2.45, 2.75) is 51.7 Å². The molecule has 4 heteroatoms. The molecule has 2 unspecified atom stereocenters. The van der Waals surface area contributed by atoms with E-state index in [9.17, 15) is 5.11 Å². The number of nitrogens with zero attached hydrogens (tertiary/aromatic N) is 2. The number of aromatic nitrogens is 1. The molecule has 1 aliphatic rings. The first-order valence-electron chi connectivity index (χ1n) is 6.57. The first kappa shape index (κ1) is 13.0. The molecule has 1 N–H and O–H groups in total. The Morgan fingerprint density at radius 2 is 2.41 bits per heavy atom. The summed E-state index contributed by atoms with van der Waals surface area (Å²) in [5.74, 6) is 0. The SMILES string of the molecule is CCN1CCCCC1c1nc(CC(C)O)cs1. The lowest BCUT2D eigenvalue weighted by atomic mass is 10.0. The van der Waals surface area contributed by atoms with Crippen molar-refractivity contribution in [2.75, 3.05) is 13.1 Å². The van der Waals surface area contributed by atoms with Crippen LogP contribution >= 0.6 is 11.3 Å². The summed E-state index contributed by atoms with van der Waals surface area (Å²) in [7, 11) is 0. The van der Waals surface area contributed by atoms with Crippen LogP contribution in [-0.2, 0) is 6.42 Å². The molecule has 0 bridgehead atoms. The fourth-order valence-electron chi connectivity index (χ4n) is 2.52. The Balaban J connectivity index is 2.07. The number of hydrogen-bond acceptors (Lipinski definition) is 4. The summed E-state index contributed by atoms with van der Waals surface area (Å²) in [5.41, 5.74) is 1.04. The van der Waals surface area contributed by atoms with Gasteiger partial charge in [0.15, 0.2) is 0 Å². The van der Waals surface area contributed by atoms with Crippen molar-refractivity contribution in [3.8, 4) is 0 Å². The summed E-state index contributed by atoms with van der Waals surface area (Å²) in [6.07, 6.45) is 4.24. The molecule has 1 saturated heterocycles. The van der Waals surface area contributed by atoms with Crippen molar-refractivity contribution in [2.24, 2.45) is 0 Å². The average molecular weight is 254 g/mol. The minimum absolute atomic E-state index is 0.293. The highest BCUT2D eigenvalue weighted by Gasteiger charge is 2.25. The molecular weight excluding hydrogens is 232 g/mol. The van der Waals surface area contributed by atoms with Crippen molar-refractivity contribution in [3.63, 3.8) is 0 Å². The second-order valence-electron chi connectivity index (χ2n) is 4.87. The van der Waals surface area contributed by atoms with Crippen molar-refractivity contribution >= 4 is 11.3 Å². The molecule has 0 aliphatic carbocycles. The standard InChI is InChI=1S/C13H22N2OS/c1-3-15-7-5-4-6-12(15)13-14-11(9-17-13)8-10(2)16/h9-10,12,16H,3-8H2,1-2H3. The zero-order chi connectivity index (χ0) is 12.3. The second kappa shape index (κ2) is 5.94. The van der Waals surface area contributed by atoms with E-state index in [0.29, 0.717) is 12.5 Å². The van der Waals surface area contributed by atoms with Gasteiger partial charge < -0.3 is 5.11 Å². The zero-order valence-corrected chi connectivity index (χ0v) is 11.5. The van der Waals surface area contributed by atoms with Crippen LogP contribution in [0.25, 0.3) is 0 Å². The fraction of sp³-hybridized carbons (Fsp3) is 0.769. The summed E-state index contributed by atoms with van der Waals surface area (Å²) in [6.45, 7) is 6.35. The molecule has 0 aromatic carbocycles. The van der Waals surface area contributed by atoms with E-state index in [-0.39, 0.29) is 6.10 Å². The molecule has 0 amide bonds. The minimum Gasteiger partial charge on any atom is -0.393 e. The number of thiazole rings is 1. The predicted molar refractivity (Wildman–Crippen MR) is 71.3 cm³/mol. The van der Waals surface area contributed by atoms with E-state index < -0.39 is 0 Å². The van der Waals surface area contributed by atoms with Gasteiger partial charge in [0.25, 0.3) is 0 Å². The maximum atomic E-state index is 9.38. The first-order chi connectivity index (χ1) is 8.20. The van der Waals surface area contributed by atoms with Gasteiger partial charge in [0.1, 0.15) is 5.01 Å². The van der Waals surface area contributed by atoms with Crippen molar-refractivity contribution in [1.82, 2.24) is 9.88 Å². The van der Waals surface area contributed by atoms with E-state index in [1.54, 1.807) is 11.3 Å². The fourth-order valence-corrected chi connectivity index (χ4v) is 3.52. The molecule has 1 aliphatic heterocycles. The maximum absolute atomic E-state index is 9.38. The molecule has 2 rings (SSSR count). The number of piperidine rings is 1. The highest BCUT2D eigenvalue weighted by atomic mass is 32.1. The molecule has 1 aromatic rings. The van der Waals surface area contributed by atoms with E-state index in [1.807, 2.05) is 6.92 Å². The third-order valence-electron chi connectivity index (χ3n) is 3.38. The van der Waals surface area contributed by atoms with Crippen LogP contribution in [0.5, 0.6) is 0 Å². The third-order valence-corrected chi connectivity index (χ3v) is 4.37. The number of rotatable bonds is 4. The zero-order valence-electron chi connectivity index (χ0n) is 10.7. The lowest BCUT2D eigenvalue weighted by molar-refractivity contribution is 0.156. The van der Waals surface area contributed by atoms with E-state index in [2.05, 4.69) is 22.2 Å². The van der Waals surface area contributed by atoms with E-state index in [0.717, 1.165) is 12.2 Å². The summed E-state index contributed by atoms with van der Waals surface area (Å²) >= 11 is 1.75. The molecule has 0 radical (unpaired) electrons. The second-order valence-corrected chi connectivity index (χ2v) is 5.76. The van der Waals surface area contributed by atoms with E-state index >= 15 is 0 Å². The average Bonchev–Trinajstić information content (AvgIpc) is 2.76. The molecule has 96 valence electrons. The number of aliphatic hydroxyl groups excluding tert-OH is 1. The van der Waals surface area contributed by atoms with Gasteiger partial charge in [-0.15, -0.1) is 11.3 Å². The van der Waals surface area contributed by atoms with Crippen LogP contribution < -0.4 is 0 Å². The number of hydrogen-bond donors (Lipinski definition) is 1. The van der Waals surface area contributed by atoms with Crippen LogP contribution in [0.1, 0.15) is 49.9 Å². The molecule has 2 heterocycles. The molecule has 1 aromatic heterocycles. The monoisotopic (exact) mass is 254 g/mol. The molecule has 17 heavy (non-hydrogen) atoms. The van der Waals surface area contributed by atoms with Crippen LogP contribution in [0.2, 0.25) is 0 Å². The maximum Gasteiger partial charge on any atom is 0.110 e. The molecule has 3 nitrogen and oxygen atoms in total. The van der Waals surface area contributed by atoms with Crippen molar-refractivity contribution in [3.05, 3.63) is 16.1 Å². The lowest BCUT2D eigenvalue weighted by Crippen LogP contribution is -2.33. The van der Waals surface area contributed by atoms with Crippen LogP contribution in [0, 0.1) is 0 Å². The van der Waals surface area contributed by atoms with Crippen LogP contribution in [0.4, 0.5) is 0 Å². The van der Waals surface area contributed by atoms with Gasteiger partial charge in [0, 0.05) is 11.8 Å². The normalized spacial score (nSPS) is 23.8. The Hall–Kier alpha value is -0.450. The van der Waals surface area contributed by atoms with Crippen LogP contribution in [0.3, 0.4) is 0 Å². The van der Waals surface area contributed by atoms with E-state index in [4.69, 9.17) is 0 Å². The Bertz CT molecular complexity index is 351. The highest BCUT2D eigenvalue weighted by molar-refractivity contribution is 7.09. The molecule has 0 saturated carbocycles. The van der Waals surface area contributed by atoms with Crippen molar-refractivity contribution in [1.29, 1.82) is 0 Å². The van der Waals surface area contributed by atoms with Gasteiger partial charge in [-0.3, -0.25) is 4.90 Å². The number of aliphatic hydroxyl groups is 1. The first-order valence-corrected chi connectivity index (χ1v) is 7.45. The van der Waals surface area contributed by atoms with Crippen LogP contribution in [0.15, 0.2) is 5.38 Å². The number of likely N-dealkylation sites (tertiary alicyclic amines) is 1. The van der Waals surface area contributed by atoms with Gasteiger partial charge in [0.05, 0.1) is 17.8 Å². The smallest absolute Gasteiger partial charge is 0.110 e. The highest BCUT2D eigenvalue weighted by Crippen LogP contribution is 2.32. The summed E-state index contributed by atoms with van der Waals surface area (Å²) in [4.78, 5) is 7.21. The van der Waals surface area contributed by atoms with Gasteiger partial charge in [-0.25, -0.2) is 4.98 Å². The van der Waals surface area contributed by atoms with Gasteiger partial charge in [-0.05, 0) is 32.9 Å². The van der Waals surface area contributed by atoms with Crippen molar-refractivity contribution < 1.29 is 5.11 Å². The third kappa shape index (κ3) is 3.27. The topological polar surface area (TPSA) is 36.4 Å². The Labute approximate surface area is 107 Å². The largest absolute Gasteiger partial charge is 0.393 e. The Kier molecular flexibility index (Phi) is 4.54. The molecule has 1 fully saturated rings. The van der Waals surface area contributed by atoms with Gasteiger partial charge in [-0.1, -0.05) is 13.3 Å². The minimum atomic E-state index is -0.293. The van der Waals surface area contributed by atoms with Gasteiger partial charge in [-0.2, -0.15) is 0 Å². The lowest BCUT2D eigenvalue weighted by Gasteiger charge is -2.33. The predicted octanol–water partition coefficient (Wildman–Crippen LogP) is 2.61.